The molecule has 0 atom stereocenters. The molecule has 0 amide bonds. The van der Waals surface area contributed by atoms with Crippen molar-refractivity contribution >= 4 is 43.2 Å². The van der Waals surface area contributed by atoms with Gasteiger partial charge in [0.15, 0.2) is 0 Å². The molecule has 12 heavy (non-hydrogen) atoms. The lowest BCUT2D eigenvalue weighted by atomic mass is 10.4. The fourth-order valence-electron chi connectivity index (χ4n) is 0.770. The Labute approximate surface area is 89.5 Å². The molecule has 0 fully saturated rings. The van der Waals surface area contributed by atoms with Crippen LogP contribution in [0.25, 0.3) is 0 Å². The number of rotatable bonds is 4. The van der Waals surface area contributed by atoms with E-state index in [-0.39, 0.29) is 0 Å². The minimum absolute atomic E-state index is 1.33. The Balaban J connectivity index is 2.67. The molecule has 0 nitrogen and oxygen atoms in total. The third-order valence-electron chi connectivity index (χ3n) is 1.16. The van der Waals surface area contributed by atoms with Crippen molar-refractivity contribution in [3.8, 4) is 0 Å². The molecule has 0 bridgehead atoms. The van der Waals surface area contributed by atoms with Gasteiger partial charge in [0.2, 0.25) is 0 Å². The van der Waals surface area contributed by atoms with Gasteiger partial charge in [-0.25, -0.2) is 0 Å². The largest absolute Gasteiger partial charge is 0.0924 e. The van der Waals surface area contributed by atoms with Crippen LogP contribution in [-0.2, 0) is 0 Å². The third-order valence-corrected chi connectivity index (χ3v) is 4.55. The molecule has 1 aromatic rings. The van der Waals surface area contributed by atoms with E-state index in [4.69, 9.17) is 0 Å². The maximum absolute atomic E-state index is 2.22. The van der Waals surface area contributed by atoms with Crippen LogP contribution in [0.15, 0.2) is 34.1 Å². The molecule has 0 heterocycles. The smallest absolute Gasteiger partial charge is 0.0194 e. The SMILES string of the molecule is CSSc1cccc(SSC)c1. The zero-order valence-corrected chi connectivity index (χ0v) is 10.2. The van der Waals surface area contributed by atoms with E-state index in [0.29, 0.717) is 0 Å². The summed E-state index contributed by atoms with van der Waals surface area (Å²) in [6.45, 7) is 0. The van der Waals surface area contributed by atoms with Crippen LogP contribution in [0.1, 0.15) is 0 Å². The Morgan fingerprint density at radius 1 is 0.917 bits per heavy atom. The molecule has 0 unspecified atom stereocenters. The Morgan fingerprint density at radius 3 is 1.83 bits per heavy atom. The van der Waals surface area contributed by atoms with Gasteiger partial charge in [0, 0.05) is 9.79 Å². The standard InChI is InChI=1S/C8H10S4/c1-9-11-7-4-3-5-8(6-7)12-10-2/h3-6H,1-2H3. The summed E-state index contributed by atoms with van der Waals surface area (Å²) in [6, 6.07) is 8.62. The molecule has 1 rings (SSSR count). The maximum atomic E-state index is 2.22. The van der Waals surface area contributed by atoms with Crippen molar-refractivity contribution in [3.05, 3.63) is 24.3 Å². The minimum atomic E-state index is 1.33. The molecule has 1 aromatic carbocycles. The van der Waals surface area contributed by atoms with E-state index < -0.39 is 0 Å². The highest BCUT2D eigenvalue weighted by atomic mass is 33.1. The molecular weight excluding hydrogens is 224 g/mol. The van der Waals surface area contributed by atoms with Gasteiger partial charge in [-0.2, -0.15) is 0 Å². The highest BCUT2D eigenvalue weighted by Gasteiger charge is 1.95. The molecule has 4 heteroatoms. The van der Waals surface area contributed by atoms with E-state index in [0.717, 1.165) is 0 Å². The fourth-order valence-corrected chi connectivity index (χ4v) is 3.62. The quantitative estimate of drug-likeness (QED) is 0.707. The fraction of sp³-hybridized carbons (Fsp3) is 0.250. The van der Waals surface area contributed by atoms with Gasteiger partial charge in [0.1, 0.15) is 0 Å². The molecular formula is C8H10S4. The molecule has 0 aliphatic heterocycles. The Hall–Kier alpha value is 0.620. The van der Waals surface area contributed by atoms with Crippen molar-refractivity contribution < 1.29 is 0 Å². The summed E-state index contributed by atoms with van der Waals surface area (Å²) < 4.78 is 0. The first-order valence-electron chi connectivity index (χ1n) is 3.38. The van der Waals surface area contributed by atoms with Gasteiger partial charge >= 0.3 is 0 Å². The van der Waals surface area contributed by atoms with Gasteiger partial charge in [-0.05, 0) is 30.7 Å². The molecule has 66 valence electrons. The molecule has 0 N–H and O–H groups in total. The van der Waals surface area contributed by atoms with Gasteiger partial charge in [0.25, 0.3) is 0 Å². The summed E-state index contributed by atoms with van der Waals surface area (Å²) in [6.07, 6.45) is 4.19. The van der Waals surface area contributed by atoms with Gasteiger partial charge in [-0.1, -0.05) is 49.2 Å². The van der Waals surface area contributed by atoms with E-state index in [1.54, 1.807) is 21.6 Å². The lowest BCUT2D eigenvalue weighted by molar-refractivity contribution is 1.35. The zero-order chi connectivity index (χ0) is 8.81. The van der Waals surface area contributed by atoms with Crippen LogP contribution >= 0.6 is 43.2 Å². The van der Waals surface area contributed by atoms with Gasteiger partial charge in [-0.15, -0.1) is 0 Å². The van der Waals surface area contributed by atoms with Gasteiger partial charge < -0.3 is 0 Å². The third kappa shape index (κ3) is 3.56. The Bertz CT molecular complexity index is 215. The molecule has 0 aromatic heterocycles. The predicted molar refractivity (Wildman–Crippen MR) is 65.2 cm³/mol. The normalized spacial score (nSPS) is 10.2. The van der Waals surface area contributed by atoms with Crippen molar-refractivity contribution in [1.29, 1.82) is 0 Å². The van der Waals surface area contributed by atoms with Crippen LogP contribution < -0.4 is 0 Å². The van der Waals surface area contributed by atoms with Crippen molar-refractivity contribution in [2.45, 2.75) is 9.79 Å². The van der Waals surface area contributed by atoms with Crippen LogP contribution in [0.3, 0.4) is 0 Å². The topological polar surface area (TPSA) is 0 Å². The van der Waals surface area contributed by atoms with Gasteiger partial charge in [0.05, 0.1) is 0 Å². The van der Waals surface area contributed by atoms with Crippen molar-refractivity contribution in [1.82, 2.24) is 0 Å². The summed E-state index contributed by atoms with van der Waals surface area (Å²) in [5.41, 5.74) is 0. The van der Waals surface area contributed by atoms with E-state index in [9.17, 15) is 0 Å². The summed E-state index contributed by atoms with van der Waals surface area (Å²) in [5.74, 6) is 0. The van der Waals surface area contributed by atoms with Crippen molar-refractivity contribution in [2.24, 2.45) is 0 Å². The van der Waals surface area contributed by atoms with Crippen LogP contribution in [0.4, 0.5) is 0 Å². The number of hydrogen-bond donors (Lipinski definition) is 0. The summed E-state index contributed by atoms with van der Waals surface area (Å²) in [4.78, 5) is 2.67. The van der Waals surface area contributed by atoms with Gasteiger partial charge in [-0.3, -0.25) is 0 Å². The van der Waals surface area contributed by atoms with Crippen LogP contribution in [0, 0.1) is 0 Å². The van der Waals surface area contributed by atoms with E-state index in [2.05, 4.69) is 36.8 Å². The molecule has 0 saturated carbocycles. The van der Waals surface area contributed by atoms with E-state index >= 15 is 0 Å². The lowest BCUT2D eigenvalue weighted by Gasteiger charge is -2.00. The first kappa shape index (κ1) is 10.7. The summed E-state index contributed by atoms with van der Waals surface area (Å²) >= 11 is 0. The molecule has 0 spiro atoms. The zero-order valence-electron chi connectivity index (χ0n) is 6.94. The van der Waals surface area contributed by atoms with Crippen LogP contribution in [0.2, 0.25) is 0 Å². The predicted octanol–water partition coefficient (Wildman–Crippen LogP) is 4.43. The number of hydrogen-bond acceptors (Lipinski definition) is 4. The maximum Gasteiger partial charge on any atom is 0.0194 e. The lowest BCUT2D eigenvalue weighted by Crippen LogP contribution is -1.69. The molecule has 0 aliphatic rings. The van der Waals surface area contributed by atoms with Crippen LogP contribution in [-0.4, -0.2) is 12.5 Å². The summed E-state index contributed by atoms with van der Waals surface area (Å²) in [5, 5.41) is 0. The van der Waals surface area contributed by atoms with Crippen LogP contribution in [0.5, 0.6) is 0 Å². The second-order valence-electron chi connectivity index (χ2n) is 1.97. The minimum Gasteiger partial charge on any atom is -0.0924 e. The number of benzene rings is 1. The average molecular weight is 234 g/mol. The van der Waals surface area contributed by atoms with Crippen molar-refractivity contribution in [2.75, 3.05) is 12.5 Å². The van der Waals surface area contributed by atoms with E-state index in [1.807, 2.05) is 21.6 Å². The first-order valence-corrected chi connectivity index (χ1v) is 8.50. The highest BCUT2D eigenvalue weighted by Crippen LogP contribution is 2.34. The van der Waals surface area contributed by atoms with E-state index in [1.165, 1.54) is 9.79 Å². The Morgan fingerprint density at radius 2 is 1.42 bits per heavy atom. The summed E-state index contributed by atoms with van der Waals surface area (Å²) in [7, 11) is 7.18. The molecule has 0 aliphatic carbocycles. The average Bonchev–Trinajstić information content (AvgIpc) is 2.06. The second-order valence-corrected chi connectivity index (χ2v) is 6.92. The Kier molecular flexibility index (Phi) is 5.47. The monoisotopic (exact) mass is 234 g/mol. The first-order chi connectivity index (χ1) is 5.86. The second kappa shape index (κ2) is 6.13. The molecule has 0 saturated heterocycles. The highest BCUT2D eigenvalue weighted by molar-refractivity contribution is 8.77. The van der Waals surface area contributed by atoms with Crippen molar-refractivity contribution in [3.63, 3.8) is 0 Å². The molecule has 0 radical (unpaired) electrons.